The second-order valence-corrected chi connectivity index (χ2v) is 6.24. The number of likely N-dealkylation sites (N-methyl/N-ethyl adjacent to an activating group) is 1. The molecule has 2 saturated heterocycles. The molecule has 0 spiro atoms. The molecule has 0 saturated carbocycles. The first-order valence-electron chi connectivity index (χ1n) is 7.12. The minimum absolute atomic E-state index is 0. The Morgan fingerprint density at radius 1 is 1.29 bits per heavy atom. The number of halogens is 2. The standard InChI is InChI=1S/C15H20ClN3O.ClH/c1-18-11-3-4-12(18)9-19(7-6-11)15(20)13-5-2-10(17)8-14(13)16;/h2,5,8,11-12H,3-4,6-7,9,17H2,1H3;1H. The molecule has 2 unspecified atom stereocenters. The Morgan fingerprint density at radius 2 is 2.00 bits per heavy atom. The number of nitrogens with two attached hydrogens (primary N) is 1. The van der Waals surface area contributed by atoms with Gasteiger partial charge < -0.3 is 10.6 Å². The van der Waals surface area contributed by atoms with Crippen molar-refractivity contribution in [3.8, 4) is 0 Å². The zero-order valence-corrected chi connectivity index (χ0v) is 13.7. The largest absolute Gasteiger partial charge is 0.399 e. The number of fused-ring (bicyclic) bond motifs is 2. The lowest BCUT2D eigenvalue weighted by Gasteiger charge is -2.26. The molecule has 1 amide bonds. The number of rotatable bonds is 1. The highest BCUT2D eigenvalue weighted by Gasteiger charge is 2.36. The van der Waals surface area contributed by atoms with Crippen LogP contribution in [0.25, 0.3) is 0 Å². The highest BCUT2D eigenvalue weighted by atomic mass is 35.5. The first-order chi connectivity index (χ1) is 9.56. The summed E-state index contributed by atoms with van der Waals surface area (Å²) >= 11 is 6.15. The molecule has 0 radical (unpaired) electrons. The lowest BCUT2D eigenvalue weighted by atomic mass is 10.1. The van der Waals surface area contributed by atoms with Crippen molar-refractivity contribution in [2.75, 3.05) is 25.9 Å². The van der Waals surface area contributed by atoms with Gasteiger partial charge in [-0.15, -0.1) is 12.4 Å². The van der Waals surface area contributed by atoms with E-state index in [1.165, 1.54) is 12.8 Å². The molecule has 2 fully saturated rings. The zero-order chi connectivity index (χ0) is 14.3. The van der Waals surface area contributed by atoms with Crippen molar-refractivity contribution in [3.63, 3.8) is 0 Å². The van der Waals surface area contributed by atoms with Crippen LogP contribution in [0.4, 0.5) is 5.69 Å². The molecule has 3 rings (SSSR count). The van der Waals surface area contributed by atoms with E-state index in [0.717, 1.165) is 19.5 Å². The monoisotopic (exact) mass is 329 g/mol. The SMILES string of the molecule is CN1C2CCC1CN(C(=O)c1ccc(N)cc1Cl)CC2.Cl. The third kappa shape index (κ3) is 3.12. The van der Waals surface area contributed by atoms with Crippen LogP contribution in [-0.2, 0) is 0 Å². The van der Waals surface area contributed by atoms with E-state index in [-0.39, 0.29) is 18.3 Å². The van der Waals surface area contributed by atoms with Crippen molar-refractivity contribution in [3.05, 3.63) is 28.8 Å². The second-order valence-electron chi connectivity index (χ2n) is 5.83. The summed E-state index contributed by atoms with van der Waals surface area (Å²) in [6.07, 6.45) is 3.48. The van der Waals surface area contributed by atoms with Crippen molar-refractivity contribution in [2.24, 2.45) is 0 Å². The van der Waals surface area contributed by atoms with Crippen LogP contribution in [0, 0.1) is 0 Å². The van der Waals surface area contributed by atoms with Crippen LogP contribution in [0.15, 0.2) is 18.2 Å². The second kappa shape index (κ2) is 6.42. The first kappa shape index (κ1) is 16.4. The summed E-state index contributed by atoms with van der Waals surface area (Å²) in [6, 6.07) is 6.21. The smallest absolute Gasteiger partial charge is 0.255 e. The van der Waals surface area contributed by atoms with Crippen LogP contribution in [0.2, 0.25) is 5.02 Å². The number of hydrogen-bond acceptors (Lipinski definition) is 3. The summed E-state index contributed by atoms with van der Waals surface area (Å²) < 4.78 is 0. The van der Waals surface area contributed by atoms with Crippen molar-refractivity contribution in [1.29, 1.82) is 0 Å². The average Bonchev–Trinajstić information content (AvgIpc) is 2.62. The Hall–Kier alpha value is -0.970. The Bertz CT molecular complexity index is 538. The van der Waals surface area contributed by atoms with Crippen molar-refractivity contribution in [2.45, 2.75) is 31.3 Å². The maximum atomic E-state index is 12.6. The van der Waals surface area contributed by atoms with Crippen LogP contribution < -0.4 is 5.73 Å². The quantitative estimate of drug-likeness (QED) is 0.806. The summed E-state index contributed by atoms with van der Waals surface area (Å²) in [5.74, 6) is 0.0240. The van der Waals surface area contributed by atoms with E-state index in [9.17, 15) is 4.79 Å². The minimum Gasteiger partial charge on any atom is -0.399 e. The molecule has 2 bridgehead atoms. The van der Waals surface area contributed by atoms with Gasteiger partial charge in [0.1, 0.15) is 0 Å². The van der Waals surface area contributed by atoms with Crippen molar-refractivity contribution in [1.82, 2.24) is 9.80 Å². The molecule has 1 aromatic rings. The lowest BCUT2D eigenvalue weighted by Crippen LogP contribution is -2.39. The predicted octanol–water partition coefficient (Wildman–Crippen LogP) is 2.65. The molecule has 6 heteroatoms. The molecule has 2 aliphatic rings. The Balaban J connectivity index is 0.00000161. The predicted molar refractivity (Wildman–Crippen MR) is 88.2 cm³/mol. The molecule has 21 heavy (non-hydrogen) atoms. The molecule has 2 N–H and O–H groups in total. The van der Waals surface area contributed by atoms with Crippen LogP contribution in [0.1, 0.15) is 29.6 Å². The summed E-state index contributed by atoms with van der Waals surface area (Å²) in [6.45, 7) is 1.61. The maximum absolute atomic E-state index is 12.6. The van der Waals surface area contributed by atoms with Gasteiger partial charge in [0.25, 0.3) is 5.91 Å². The number of likely N-dealkylation sites (tertiary alicyclic amines) is 1. The number of nitrogens with zero attached hydrogens (tertiary/aromatic N) is 2. The number of benzene rings is 1. The van der Waals surface area contributed by atoms with E-state index >= 15 is 0 Å². The molecule has 116 valence electrons. The number of hydrogen-bond donors (Lipinski definition) is 1. The number of carbonyl (C=O) groups excluding carboxylic acids is 1. The minimum atomic E-state index is 0. The van der Waals surface area contributed by atoms with E-state index in [4.69, 9.17) is 17.3 Å². The van der Waals surface area contributed by atoms with Crippen molar-refractivity contribution < 1.29 is 4.79 Å². The van der Waals surface area contributed by atoms with E-state index in [0.29, 0.717) is 28.4 Å². The van der Waals surface area contributed by atoms with Crippen LogP contribution >= 0.6 is 24.0 Å². The van der Waals surface area contributed by atoms with Gasteiger partial charge in [0, 0.05) is 30.9 Å². The third-order valence-electron chi connectivity index (χ3n) is 4.66. The lowest BCUT2D eigenvalue weighted by molar-refractivity contribution is 0.0740. The van der Waals surface area contributed by atoms with E-state index in [1.807, 2.05) is 4.90 Å². The van der Waals surface area contributed by atoms with Gasteiger partial charge in [-0.3, -0.25) is 9.69 Å². The third-order valence-corrected chi connectivity index (χ3v) is 4.97. The normalized spacial score (nSPS) is 25.3. The molecular formula is C15H21Cl2N3O. The summed E-state index contributed by atoms with van der Waals surface area (Å²) in [5.41, 5.74) is 6.82. The molecule has 2 heterocycles. The van der Waals surface area contributed by atoms with E-state index in [1.54, 1.807) is 18.2 Å². The van der Waals surface area contributed by atoms with Gasteiger partial charge in [-0.1, -0.05) is 11.6 Å². The van der Waals surface area contributed by atoms with Gasteiger partial charge in [0.2, 0.25) is 0 Å². The van der Waals surface area contributed by atoms with Crippen molar-refractivity contribution >= 4 is 35.6 Å². The molecule has 1 aromatic carbocycles. The molecule has 0 aliphatic carbocycles. The maximum Gasteiger partial charge on any atom is 0.255 e. The summed E-state index contributed by atoms with van der Waals surface area (Å²) in [5, 5.41) is 0.442. The average molecular weight is 330 g/mol. The highest BCUT2D eigenvalue weighted by molar-refractivity contribution is 6.34. The number of nitrogen functional groups attached to an aromatic ring is 1. The van der Waals surface area contributed by atoms with E-state index in [2.05, 4.69) is 11.9 Å². The Kier molecular flexibility index (Phi) is 5.02. The van der Waals surface area contributed by atoms with E-state index < -0.39 is 0 Å². The fourth-order valence-corrected chi connectivity index (χ4v) is 3.64. The van der Waals surface area contributed by atoms with Gasteiger partial charge in [-0.2, -0.15) is 0 Å². The molecule has 4 nitrogen and oxygen atoms in total. The van der Waals surface area contributed by atoms with Gasteiger partial charge in [0.15, 0.2) is 0 Å². The molecular weight excluding hydrogens is 309 g/mol. The summed E-state index contributed by atoms with van der Waals surface area (Å²) in [7, 11) is 2.17. The molecule has 2 aliphatic heterocycles. The van der Waals surface area contributed by atoms with Gasteiger partial charge in [0.05, 0.1) is 10.6 Å². The number of carbonyl (C=O) groups is 1. The molecule has 2 atom stereocenters. The molecule has 0 aromatic heterocycles. The summed E-state index contributed by atoms with van der Waals surface area (Å²) in [4.78, 5) is 17.0. The van der Waals surface area contributed by atoms with Crippen LogP contribution in [0.3, 0.4) is 0 Å². The topological polar surface area (TPSA) is 49.6 Å². The Labute approximate surface area is 136 Å². The number of anilines is 1. The highest BCUT2D eigenvalue weighted by Crippen LogP contribution is 2.30. The number of amides is 1. The van der Waals surface area contributed by atoms with Crippen LogP contribution in [0.5, 0.6) is 0 Å². The fourth-order valence-electron chi connectivity index (χ4n) is 3.37. The fraction of sp³-hybridized carbons (Fsp3) is 0.533. The van der Waals surface area contributed by atoms with Gasteiger partial charge >= 0.3 is 0 Å². The zero-order valence-electron chi connectivity index (χ0n) is 12.1. The first-order valence-corrected chi connectivity index (χ1v) is 7.50. The Morgan fingerprint density at radius 3 is 2.71 bits per heavy atom. The van der Waals surface area contributed by atoms with Crippen LogP contribution in [-0.4, -0.2) is 47.9 Å². The van der Waals surface area contributed by atoms with Gasteiger partial charge in [-0.25, -0.2) is 0 Å². The van der Waals surface area contributed by atoms with Gasteiger partial charge in [-0.05, 0) is 44.5 Å².